The van der Waals surface area contributed by atoms with Gasteiger partial charge in [0.05, 0.1) is 0 Å². The first-order chi connectivity index (χ1) is 9.80. The van der Waals surface area contributed by atoms with Gasteiger partial charge >= 0.3 is 0 Å². The van der Waals surface area contributed by atoms with Gasteiger partial charge in [-0.25, -0.2) is 0 Å². The molecule has 0 heteroatoms. The molecule has 2 aliphatic carbocycles. The molecule has 0 saturated carbocycles. The maximum atomic E-state index is 3.80. The minimum atomic E-state index is -0.0275. The second kappa shape index (κ2) is 4.98. The Morgan fingerprint density at radius 1 is 0.955 bits per heavy atom. The second-order valence-electron chi connectivity index (χ2n) is 9.30. The van der Waals surface area contributed by atoms with E-state index < -0.39 is 0 Å². The van der Waals surface area contributed by atoms with Gasteiger partial charge in [-0.15, -0.1) is 0 Å². The van der Waals surface area contributed by atoms with Crippen LogP contribution in [0.15, 0.2) is 39.5 Å². The molecule has 0 aromatic rings. The molecule has 0 amide bonds. The molecule has 1 unspecified atom stereocenters. The summed E-state index contributed by atoms with van der Waals surface area (Å²) in [4.78, 5) is 0. The minimum absolute atomic E-state index is 0.0275. The van der Waals surface area contributed by atoms with Crippen molar-refractivity contribution in [3.05, 3.63) is 45.6 Å². The van der Waals surface area contributed by atoms with Crippen molar-refractivity contribution in [3.8, 4) is 0 Å². The van der Waals surface area contributed by atoms with Gasteiger partial charge in [-0.1, -0.05) is 53.2 Å². The fourth-order valence-electron chi connectivity index (χ4n) is 4.08. The second-order valence-corrected chi connectivity index (χ2v) is 9.30. The zero-order valence-corrected chi connectivity index (χ0v) is 16.3. The third-order valence-electron chi connectivity index (χ3n) is 5.56. The van der Waals surface area contributed by atoms with Crippen molar-refractivity contribution >= 4 is 0 Å². The normalized spacial score (nSPS) is 26.8. The van der Waals surface area contributed by atoms with E-state index >= 15 is 0 Å². The van der Waals surface area contributed by atoms with Gasteiger partial charge in [0.25, 0.3) is 0 Å². The lowest BCUT2D eigenvalue weighted by atomic mass is 9.68. The first-order valence-corrected chi connectivity index (χ1v) is 8.55. The summed E-state index contributed by atoms with van der Waals surface area (Å²) in [6.45, 7) is 23.2. The quantitative estimate of drug-likeness (QED) is 0.498. The maximum absolute atomic E-state index is 3.80. The van der Waals surface area contributed by atoms with E-state index in [0.717, 1.165) is 6.42 Å². The largest absolute Gasteiger partial charge is 0.0764 e. The Morgan fingerprint density at radius 3 is 1.86 bits per heavy atom. The fraction of sp³-hybridized carbons (Fsp3) is 0.636. The van der Waals surface area contributed by atoms with Crippen LogP contribution in [-0.2, 0) is 0 Å². The Morgan fingerprint density at radius 2 is 1.50 bits per heavy atom. The highest BCUT2D eigenvalue weighted by Gasteiger charge is 2.42. The van der Waals surface area contributed by atoms with Gasteiger partial charge in [0.15, 0.2) is 0 Å². The molecule has 2 rings (SSSR count). The third-order valence-corrected chi connectivity index (χ3v) is 5.56. The average Bonchev–Trinajstić information content (AvgIpc) is 2.87. The molecule has 0 saturated heterocycles. The van der Waals surface area contributed by atoms with Crippen LogP contribution in [0.2, 0.25) is 0 Å². The number of rotatable bonds is 1. The Hall–Kier alpha value is -1.04. The highest BCUT2D eigenvalue weighted by molar-refractivity contribution is 5.57. The molecule has 0 fully saturated rings. The highest BCUT2D eigenvalue weighted by Crippen LogP contribution is 2.55. The standard InChI is InChI=1S/C22H33/c1-14-13-22(10,16(3)15(14)2)18-12-11-17(20(4,5)6)19(18)21(7,8)9/h11H,12H2,1-10H3. The molecule has 1 radical (unpaired) electrons. The Labute approximate surface area is 138 Å². The van der Waals surface area contributed by atoms with Gasteiger partial charge in [0, 0.05) is 5.41 Å². The number of hydrogen-bond donors (Lipinski definition) is 0. The van der Waals surface area contributed by atoms with Crippen LogP contribution in [0, 0.1) is 22.3 Å². The molecule has 22 heavy (non-hydrogen) atoms. The Balaban J connectivity index is 2.69. The SMILES string of the molecule is CC1=[C]C(C)(C2=C(C(C)(C)C)C(C(C)(C)C)=CC2)C(C)=C1C. The summed E-state index contributed by atoms with van der Waals surface area (Å²) in [5.41, 5.74) is 9.23. The molecule has 1 atom stereocenters. The summed E-state index contributed by atoms with van der Waals surface area (Å²) in [5.74, 6) is 0. The van der Waals surface area contributed by atoms with Crippen LogP contribution in [0.3, 0.4) is 0 Å². The van der Waals surface area contributed by atoms with Gasteiger partial charge < -0.3 is 0 Å². The van der Waals surface area contributed by atoms with Crippen LogP contribution in [0.1, 0.15) is 75.7 Å². The summed E-state index contributed by atoms with van der Waals surface area (Å²) < 4.78 is 0. The van der Waals surface area contributed by atoms with Crippen molar-refractivity contribution in [1.29, 1.82) is 0 Å². The van der Waals surface area contributed by atoms with Gasteiger partial charge in [-0.3, -0.25) is 0 Å². The predicted octanol–water partition coefficient (Wildman–Crippen LogP) is 6.81. The van der Waals surface area contributed by atoms with Crippen molar-refractivity contribution in [1.82, 2.24) is 0 Å². The summed E-state index contributed by atoms with van der Waals surface area (Å²) in [6, 6.07) is 0. The molecular formula is C22H33. The van der Waals surface area contributed by atoms with Crippen LogP contribution < -0.4 is 0 Å². The molecule has 0 nitrogen and oxygen atoms in total. The first-order valence-electron chi connectivity index (χ1n) is 8.55. The van der Waals surface area contributed by atoms with Crippen LogP contribution >= 0.6 is 0 Å². The number of allylic oxidation sites excluding steroid dienone is 8. The fourth-order valence-corrected chi connectivity index (χ4v) is 4.08. The molecule has 0 bridgehead atoms. The Bertz CT molecular complexity index is 618. The molecule has 121 valence electrons. The summed E-state index contributed by atoms with van der Waals surface area (Å²) in [6.07, 6.45) is 7.34. The van der Waals surface area contributed by atoms with E-state index in [1.165, 1.54) is 22.3 Å². The first kappa shape index (κ1) is 17.3. The summed E-state index contributed by atoms with van der Waals surface area (Å²) in [5, 5.41) is 0. The van der Waals surface area contributed by atoms with Crippen LogP contribution in [-0.4, -0.2) is 0 Å². The third kappa shape index (κ3) is 2.55. The summed E-state index contributed by atoms with van der Waals surface area (Å²) in [7, 11) is 0. The van der Waals surface area contributed by atoms with Crippen LogP contribution in [0.25, 0.3) is 0 Å². The van der Waals surface area contributed by atoms with Crippen molar-refractivity contribution in [3.63, 3.8) is 0 Å². The van der Waals surface area contributed by atoms with E-state index in [0.29, 0.717) is 0 Å². The van der Waals surface area contributed by atoms with E-state index in [2.05, 4.69) is 81.4 Å². The van der Waals surface area contributed by atoms with Gasteiger partial charge in [-0.05, 0) is 78.9 Å². The van der Waals surface area contributed by atoms with Crippen LogP contribution in [0.5, 0.6) is 0 Å². The molecule has 0 aliphatic heterocycles. The van der Waals surface area contributed by atoms with Crippen molar-refractivity contribution in [2.45, 2.75) is 75.7 Å². The van der Waals surface area contributed by atoms with Gasteiger partial charge in [0.2, 0.25) is 0 Å². The molecule has 0 aromatic carbocycles. The van der Waals surface area contributed by atoms with Crippen molar-refractivity contribution in [2.24, 2.45) is 16.2 Å². The molecular weight excluding hydrogens is 264 g/mol. The van der Waals surface area contributed by atoms with E-state index in [1.807, 2.05) is 0 Å². The predicted molar refractivity (Wildman–Crippen MR) is 97.5 cm³/mol. The van der Waals surface area contributed by atoms with Gasteiger partial charge in [0.1, 0.15) is 0 Å². The lowest BCUT2D eigenvalue weighted by molar-refractivity contribution is 0.437. The molecule has 0 N–H and O–H groups in total. The van der Waals surface area contributed by atoms with Gasteiger partial charge in [-0.2, -0.15) is 0 Å². The van der Waals surface area contributed by atoms with Crippen LogP contribution in [0.4, 0.5) is 0 Å². The molecule has 0 aromatic heterocycles. The van der Waals surface area contributed by atoms with E-state index in [4.69, 9.17) is 0 Å². The van der Waals surface area contributed by atoms with Crippen molar-refractivity contribution < 1.29 is 0 Å². The topological polar surface area (TPSA) is 0 Å². The zero-order chi connectivity index (χ0) is 17.1. The molecule has 2 aliphatic rings. The van der Waals surface area contributed by atoms with E-state index in [1.54, 1.807) is 11.1 Å². The van der Waals surface area contributed by atoms with Crippen molar-refractivity contribution in [2.75, 3.05) is 0 Å². The van der Waals surface area contributed by atoms with E-state index in [-0.39, 0.29) is 16.2 Å². The minimum Gasteiger partial charge on any atom is -0.0764 e. The zero-order valence-electron chi connectivity index (χ0n) is 16.3. The molecule has 0 heterocycles. The maximum Gasteiger partial charge on any atom is 0.0360 e. The summed E-state index contributed by atoms with van der Waals surface area (Å²) >= 11 is 0. The monoisotopic (exact) mass is 297 g/mol. The lowest BCUT2D eigenvalue weighted by Gasteiger charge is -2.36. The molecule has 0 spiro atoms. The lowest BCUT2D eigenvalue weighted by Crippen LogP contribution is -2.24. The average molecular weight is 298 g/mol. The smallest absolute Gasteiger partial charge is 0.0360 e. The number of hydrogen-bond acceptors (Lipinski definition) is 0. The Kier molecular flexibility index (Phi) is 3.92. The van der Waals surface area contributed by atoms with E-state index in [9.17, 15) is 0 Å². The highest BCUT2D eigenvalue weighted by atomic mass is 14.5.